The molecule has 8 nitrogen and oxygen atoms in total. The molecule has 2 aromatic heterocycles. The molecule has 8 heteroatoms. The van der Waals surface area contributed by atoms with Gasteiger partial charge in [0, 0.05) is 37.0 Å². The van der Waals surface area contributed by atoms with Crippen LogP contribution in [0.15, 0.2) is 36.7 Å². The summed E-state index contributed by atoms with van der Waals surface area (Å²) in [4.78, 5) is 21.3. The Bertz CT molecular complexity index is 948. The van der Waals surface area contributed by atoms with Crippen LogP contribution in [0.3, 0.4) is 0 Å². The fourth-order valence-corrected chi connectivity index (χ4v) is 3.39. The van der Waals surface area contributed by atoms with Crippen LogP contribution in [0, 0.1) is 0 Å². The van der Waals surface area contributed by atoms with Crippen LogP contribution >= 0.6 is 0 Å². The van der Waals surface area contributed by atoms with Gasteiger partial charge in [-0.1, -0.05) is 6.07 Å². The molecule has 1 fully saturated rings. The van der Waals surface area contributed by atoms with E-state index in [0.29, 0.717) is 30.3 Å². The monoisotopic (exact) mass is 366 g/mol. The zero-order valence-electron chi connectivity index (χ0n) is 15.2. The van der Waals surface area contributed by atoms with Gasteiger partial charge in [-0.15, -0.1) is 0 Å². The van der Waals surface area contributed by atoms with Gasteiger partial charge in [0.25, 0.3) is 5.91 Å². The molecule has 2 N–H and O–H groups in total. The van der Waals surface area contributed by atoms with E-state index in [1.807, 2.05) is 10.7 Å². The number of amides is 1. The van der Waals surface area contributed by atoms with Gasteiger partial charge in [-0.3, -0.25) is 4.79 Å². The summed E-state index contributed by atoms with van der Waals surface area (Å²) in [6, 6.07) is 7.09. The quantitative estimate of drug-likeness (QED) is 0.684. The minimum absolute atomic E-state index is 0.142. The van der Waals surface area contributed by atoms with Gasteiger partial charge in [0.1, 0.15) is 11.3 Å². The summed E-state index contributed by atoms with van der Waals surface area (Å²) in [7, 11) is 1.58. The van der Waals surface area contributed by atoms with E-state index in [-0.39, 0.29) is 5.91 Å². The summed E-state index contributed by atoms with van der Waals surface area (Å²) >= 11 is 0. The van der Waals surface area contributed by atoms with E-state index < -0.39 is 0 Å². The van der Waals surface area contributed by atoms with Gasteiger partial charge in [0.2, 0.25) is 0 Å². The SMILES string of the molecule is COc1cccc(C(=O)NCCn2nc([C@H]3CCNC3)c3nccnc32)c1. The van der Waals surface area contributed by atoms with E-state index in [1.54, 1.807) is 37.7 Å². The maximum absolute atomic E-state index is 12.3. The molecule has 1 aliphatic heterocycles. The van der Waals surface area contributed by atoms with Crippen molar-refractivity contribution in [2.75, 3.05) is 26.7 Å². The number of carbonyl (C=O) groups is 1. The molecule has 3 heterocycles. The number of carbonyl (C=O) groups excluding carboxylic acids is 1. The molecule has 0 saturated carbocycles. The zero-order valence-corrected chi connectivity index (χ0v) is 15.2. The first kappa shape index (κ1) is 17.4. The number of hydrogen-bond donors (Lipinski definition) is 2. The first-order chi connectivity index (χ1) is 13.3. The van der Waals surface area contributed by atoms with Crippen molar-refractivity contribution in [1.29, 1.82) is 0 Å². The molecule has 27 heavy (non-hydrogen) atoms. The van der Waals surface area contributed by atoms with Crippen LogP contribution in [-0.2, 0) is 6.54 Å². The van der Waals surface area contributed by atoms with Crippen LogP contribution in [0.25, 0.3) is 11.2 Å². The summed E-state index contributed by atoms with van der Waals surface area (Å²) in [5.74, 6) is 0.874. The Morgan fingerprint density at radius 3 is 3.07 bits per heavy atom. The molecule has 1 aliphatic rings. The normalized spacial score (nSPS) is 16.6. The lowest BCUT2D eigenvalue weighted by Gasteiger charge is -2.07. The van der Waals surface area contributed by atoms with Crippen molar-refractivity contribution in [1.82, 2.24) is 30.4 Å². The van der Waals surface area contributed by atoms with Gasteiger partial charge in [0.15, 0.2) is 5.65 Å². The van der Waals surface area contributed by atoms with Gasteiger partial charge < -0.3 is 15.4 Å². The molecule has 4 rings (SSSR count). The lowest BCUT2D eigenvalue weighted by molar-refractivity contribution is 0.0951. The molecular formula is C19H22N6O2. The van der Waals surface area contributed by atoms with E-state index in [9.17, 15) is 4.79 Å². The number of hydrogen-bond acceptors (Lipinski definition) is 6. The third-order valence-electron chi connectivity index (χ3n) is 4.78. The molecule has 1 saturated heterocycles. The Hall–Kier alpha value is -3.00. The van der Waals surface area contributed by atoms with Crippen molar-refractivity contribution in [3.8, 4) is 5.75 Å². The second kappa shape index (κ2) is 7.71. The number of fused-ring (bicyclic) bond motifs is 1. The van der Waals surface area contributed by atoms with E-state index in [1.165, 1.54) is 0 Å². The standard InChI is InChI=1S/C19H22N6O2/c1-27-15-4-2-3-13(11-15)19(26)23-9-10-25-18-17(21-7-8-22-18)16(24-25)14-5-6-20-12-14/h2-4,7-8,11,14,20H,5-6,9-10,12H2,1H3,(H,23,26)/t14-/m0/s1. The second-order valence-electron chi connectivity index (χ2n) is 6.51. The van der Waals surface area contributed by atoms with Crippen molar-refractivity contribution in [2.24, 2.45) is 0 Å². The number of ether oxygens (including phenoxy) is 1. The highest BCUT2D eigenvalue weighted by atomic mass is 16.5. The van der Waals surface area contributed by atoms with E-state index in [0.717, 1.165) is 36.4 Å². The van der Waals surface area contributed by atoms with Crippen molar-refractivity contribution in [3.63, 3.8) is 0 Å². The summed E-state index contributed by atoms with van der Waals surface area (Å²) < 4.78 is 7.00. The van der Waals surface area contributed by atoms with E-state index in [4.69, 9.17) is 9.84 Å². The average Bonchev–Trinajstić information content (AvgIpc) is 3.36. The Labute approximate surface area is 157 Å². The predicted octanol–water partition coefficient (Wildman–Crippen LogP) is 1.34. The Balaban J connectivity index is 1.46. The van der Waals surface area contributed by atoms with Crippen molar-refractivity contribution >= 4 is 17.1 Å². The number of aromatic nitrogens is 4. The maximum atomic E-state index is 12.3. The van der Waals surface area contributed by atoms with Gasteiger partial charge in [0.05, 0.1) is 19.3 Å². The zero-order chi connectivity index (χ0) is 18.6. The molecule has 0 bridgehead atoms. The average molecular weight is 366 g/mol. The summed E-state index contributed by atoms with van der Waals surface area (Å²) in [6.07, 6.45) is 4.42. The number of methoxy groups -OCH3 is 1. The molecular weight excluding hydrogens is 344 g/mol. The van der Waals surface area contributed by atoms with Crippen molar-refractivity contribution in [3.05, 3.63) is 47.9 Å². The van der Waals surface area contributed by atoms with Gasteiger partial charge in [-0.05, 0) is 31.2 Å². The molecule has 0 radical (unpaired) electrons. The maximum Gasteiger partial charge on any atom is 0.251 e. The number of nitrogens with zero attached hydrogens (tertiary/aromatic N) is 4. The topological polar surface area (TPSA) is 94.0 Å². The lowest BCUT2D eigenvalue weighted by atomic mass is 10.0. The lowest BCUT2D eigenvalue weighted by Crippen LogP contribution is -2.27. The molecule has 140 valence electrons. The van der Waals surface area contributed by atoms with E-state index >= 15 is 0 Å². The van der Waals surface area contributed by atoms with Crippen molar-refractivity contribution in [2.45, 2.75) is 18.9 Å². The van der Waals surface area contributed by atoms with Crippen LogP contribution < -0.4 is 15.4 Å². The first-order valence-electron chi connectivity index (χ1n) is 9.06. The van der Waals surface area contributed by atoms with Crippen LogP contribution in [0.1, 0.15) is 28.4 Å². The highest BCUT2D eigenvalue weighted by molar-refractivity contribution is 5.94. The number of nitrogens with one attached hydrogen (secondary N) is 2. The summed E-state index contributed by atoms with van der Waals surface area (Å²) in [5, 5.41) is 11.0. The van der Waals surface area contributed by atoms with Crippen LogP contribution in [-0.4, -0.2) is 52.4 Å². The Morgan fingerprint density at radius 2 is 2.26 bits per heavy atom. The third-order valence-corrected chi connectivity index (χ3v) is 4.78. The Kier molecular flexibility index (Phi) is 4.97. The largest absolute Gasteiger partial charge is 0.497 e. The number of benzene rings is 1. The molecule has 0 aliphatic carbocycles. The summed E-state index contributed by atoms with van der Waals surface area (Å²) in [6.45, 7) is 2.89. The fraction of sp³-hybridized carbons (Fsp3) is 0.368. The Morgan fingerprint density at radius 1 is 1.37 bits per heavy atom. The molecule has 0 spiro atoms. The smallest absolute Gasteiger partial charge is 0.251 e. The second-order valence-corrected chi connectivity index (χ2v) is 6.51. The van der Waals surface area contributed by atoms with Gasteiger partial charge in [-0.2, -0.15) is 5.10 Å². The van der Waals surface area contributed by atoms with E-state index in [2.05, 4.69) is 20.6 Å². The molecule has 1 amide bonds. The molecule has 0 unspecified atom stereocenters. The van der Waals surface area contributed by atoms with Crippen molar-refractivity contribution < 1.29 is 9.53 Å². The van der Waals surface area contributed by atoms with Crippen LogP contribution in [0.4, 0.5) is 0 Å². The molecule has 3 aromatic rings. The minimum atomic E-state index is -0.142. The highest BCUT2D eigenvalue weighted by Gasteiger charge is 2.24. The number of rotatable bonds is 6. The van der Waals surface area contributed by atoms with Gasteiger partial charge in [-0.25, -0.2) is 14.6 Å². The van der Waals surface area contributed by atoms with Gasteiger partial charge >= 0.3 is 0 Å². The fourth-order valence-electron chi connectivity index (χ4n) is 3.39. The molecule has 1 atom stereocenters. The van der Waals surface area contributed by atoms with Crippen LogP contribution in [0.2, 0.25) is 0 Å². The first-order valence-corrected chi connectivity index (χ1v) is 9.06. The highest BCUT2D eigenvalue weighted by Crippen LogP contribution is 2.26. The predicted molar refractivity (Wildman–Crippen MR) is 101 cm³/mol. The summed E-state index contributed by atoms with van der Waals surface area (Å²) in [5.41, 5.74) is 3.17. The minimum Gasteiger partial charge on any atom is -0.497 e. The molecule has 1 aromatic carbocycles. The third kappa shape index (κ3) is 3.61. The van der Waals surface area contributed by atoms with Crippen LogP contribution in [0.5, 0.6) is 5.75 Å².